The Hall–Kier alpha value is -0.420. The third-order valence-corrected chi connectivity index (χ3v) is 4.18. The van der Waals surface area contributed by atoms with Crippen LogP contribution in [-0.2, 0) is 14.3 Å². The van der Waals surface area contributed by atoms with Crippen LogP contribution in [0.3, 0.4) is 0 Å². The maximum atomic E-state index is 12.2. The van der Waals surface area contributed by atoms with Crippen LogP contribution in [0.5, 0.6) is 0 Å². The van der Waals surface area contributed by atoms with Gasteiger partial charge in [0.15, 0.2) is 0 Å². The van der Waals surface area contributed by atoms with E-state index in [4.69, 9.17) is 4.74 Å². The summed E-state index contributed by atoms with van der Waals surface area (Å²) in [5, 5.41) is 0. The molecule has 1 saturated heterocycles. The lowest BCUT2D eigenvalue weighted by Gasteiger charge is -2.34. The van der Waals surface area contributed by atoms with Crippen molar-refractivity contribution in [2.75, 3.05) is 6.61 Å². The summed E-state index contributed by atoms with van der Waals surface area (Å²) in [7, 11) is 0. The Kier molecular flexibility index (Phi) is 4.12. The van der Waals surface area contributed by atoms with Gasteiger partial charge in [-0.3, -0.25) is 4.79 Å². The Bertz CT molecular complexity index is 291. The van der Waals surface area contributed by atoms with Crippen molar-refractivity contribution in [3.05, 3.63) is 0 Å². The Balaban J connectivity index is 2.91. The van der Waals surface area contributed by atoms with Gasteiger partial charge >= 0.3 is 0 Å². The summed E-state index contributed by atoms with van der Waals surface area (Å²) in [6, 6.07) is -0.471. The molecule has 1 rings (SSSR count). The summed E-state index contributed by atoms with van der Waals surface area (Å²) in [4.78, 5) is 24.4. The highest BCUT2D eigenvalue weighted by Gasteiger charge is 2.45. The molecule has 92 valence electrons. The molecule has 2 atom stereocenters. The molecule has 0 aromatic rings. The molecular weight excluding hydrogens is 274 g/mol. The molecule has 2 unspecified atom stereocenters. The molecule has 4 nitrogen and oxygen atoms in total. The van der Waals surface area contributed by atoms with Crippen molar-refractivity contribution in [3.8, 4) is 0 Å². The number of carbonyl (C=O) groups is 2. The number of halogens is 1. The van der Waals surface area contributed by atoms with Gasteiger partial charge in [0, 0.05) is 0 Å². The monoisotopic (exact) mass is 291 g/mol. The van der Waals surface area contributed by atoms with E-state index in [1.165, 1.54) is 4.90 Å². The number of ether oxygens (including phenoxy) is 1. The maximum absolute atomic E-state index is 12.2. The summed E-state index contributed by atoms with van der Waals surface area (Å²) in [5.41, 5.74) is -0.705. The van der Waals surface area contributed by atoms with Gasteiger partial charge in [-0.25, -0.2) is 0 Å². The van der Waals surface area contributed by atoms with Crippen LogP contribution >= 0.6 is 15.9 Å². The van der Waals surface area contributed by atoms with Gasteiger partial charge in [0.2, 0.25) is 5.91 Å². The van der Waals surface area contributed by atoms with E-state index in [2.05, 4.69) is 15.9 Å². The lowest BCUT2D eigenvalue weighted by molar-refractivity contribution is -0.147. The predicted octanol–water partition coefficient (Wildman–Crippen LogP) is 1.57. The highest BCUT2D eigenvalue weighted by molar-refractivity contribution is 9.10. The van der Waals surface area contributed by atoms with Gasteiger partial charge in [-0.05, 0) is 19.8 Å². The highest BCUT2D eigenvalue weighted by atomic mass is 79.9. The maximum Gasteiger partial charge on any atom is 0.239 e. The Morgan fingerprint density at radius 3 is 2.56 bits per heavy atom. The molecule has 5 heteroatoms. The van der Waals surface area contributed by atoms with Crippen molar-refractivity contribution in [2.24, 2.45) is 5.92 Å². The summed E-state index contributed by atoms with van der Waals surface area (Å²) in [5.74, 6) is 0.0887. The number of hydrogen-bond donors (Lipinski definition) is 0. The summed E-state index contributed by atoms with van der Waals surface area (Å²) >= 11 is 3.36. The van der Waals surface area contributed by atoms with Crippen molar-refractivity contribution in [1.29, 1.82) is 0 Å². The second kappa shape index (κ2) is 4.84. The third-order valence-electron chi connectivity index (χ3n) is 2.73. The first-order chi connectivity index (χ1) is 7.31. The minimum atomic E-state index is -0.705. The zero-order valence-electron chi connectivity index (χ0n) is 10.1. The highest BCUT2D eigenvalue weighted by Crippen LogP contribution is 2.29. The number of aldehydes is 1. The van der Waals surface area contributed by atoms with Gasteiger partial charge in [0.1, 0.15) is 18.1 Å². The van der Waals surface area contributed by atoms with Gasteiger partial charge < -0.3 is 14.4 Å². The molecular formula is C11H18BrNO3. The average Bonchev–Trinajstić information content (AvgIpc) is 2.51. The Morgan fingerprint density at radius 2 is 2.12 bits per heavy atom. The van der Waals surface area contributed by atoms with Crippen molar-refractivity contribution in [1.82, 2.24) is 4.90 Å². The molecule has 1 amide bonds. The summed E-state index contributed by atoms with van der Waals surface area (Å²) in [6.45, 7) is 7.79. The van der Waals surface area contributed by atoms with Gasteiger partial charge in [-0.1, -0.05) is 29.8 Å². The number of rotatable bonds is 3. The number of carbonyl (C=O) groups excluding carboxylic acids is 2. The van der Waals surface area contributed by atoms with E-state index in [0.29, 0.717) is 0 Å². The summed E-state index contributed by atoms with van der Waals surface area (Å²) in [6.07, 6.45) is 0.771. The standard InChI is InChI=1S/C11H18BrNO3/c1-7(2)9(12)10(15)13-8(5-14)6-16-11(13,3)4/h5,7-9H,6H2,1-4H3. The number of alkyl halides is 1. The van der Waals surface area contributed by atoms with Crippen molar-refractivity contribution in [3.63, 3.8) is 0 Å². The number of hydrogen-bond acceptors (Lipinski definition) is 3. The van der Waals surface area contributed by atoms with Crippen molar-refractivity contribution in [2.45, 2.75) is 44.3 Å². The Morgan fingerprint density at radius 1 is 1.56 bits per heavy atom. The number of nitrogens with zero attached hydrogens (tertiary/aromatic N) is 1. The Labute approximate surface area is 104 Å². The van der Waals surface area contributed by atoms with E-state index >= 15 is 0 Å². The fourth-order valence-corrected chi connectivity index (χ4v) is 2.00. The lowest BCUT2D eigenvalue weighted by atomic mass is 10.1. The quantitative estimate of drug-likeness (QED) is 0.586. The topological polar surface area (TPSA) is 46.6 Å². The first kappa shape index (κ1) is 13.6. The molecule has 16 heavy (non-hydrogen) atoms. The van der Waals surface area contributed by atoms with E-state index < -0.39 is 11.8 Å². The van der Waals surface area contributed by atoms with E-state index in [1.54, 1.807) is 13.8 Å². The van der Waals surface area contributed by atoms with E-state index in [-0.39, 0.29) is 23.3 Å². The van der Waals surface area contributed by atoms with E-state index in [0.717, 1.165) is 6.29 Å². The van der Waals surface area contributed by atoms with E-state index in [9.17, 15) is 9.59 Å². The molecule has 0 aromatic carbocycles. The molecule has 1 heterocycles. The first-order valence-corrected chi connectivity index (χ1v) is 6.29. The lowest BCUT2D eigenvalue weighted by Crippen LogP contribution is -2.52. The van der Waals surface area contributed by atoms with Crippen LogP contribution in [0.1, 0.15) is 27.7 Å². The van der Waals surface area contributed by atoms with Gasteiger partial charge in [0.25, 0.3) is 0 Å². The fourth-order valence-electron chi connectivity index (χ4n) is 1.78. The molecule has 0 bridgehead atoms. The second-order valence-corrected chi connectivity index (χ2v) is 5.80. The van der Waals surface area contributed by atoms with Gasteiger partial charge in [0.05, 0.1) is 11.4 Å². The average molecular weight is 292 g/mol. The van der Waals surface area contributed by atoms with Crippen molar-refractivity contribution >= 4 is 28.1 Å². The molecule has 0 saturated carbocycles. The van der Waals surface area contributed by atoms with E-state index in [1.807, 2.05) is 13.8 Å². The smallest absolute Gasteiger partial charge is 0.239 e. The number of amides is 1. The molecule has 1 aliphatic rings. The SMILES string of the molecule is CC(C)C(Br)C(=O)N1C(C=O)COC1(C)C. The molecule has 0 spiro atoms. The van der Waals surface area contributed by atoms with Crippen LogP contribution in [0, 0.1) is 5.92 Å². The second-order valence-electron chi connectivity index (χ2n) is 4.82. The predicted molar refractivity (Wildman–Crippen MR) is 64.3 cm³/mol. The molecule has 0 aromatic heterocycles. The minimum Gasteiger partial charge on any atom is -0.354 e. The van der Waals surface area contributed by atoms with Crippen LogP contribution in [-0.4, -0.2) is 40.3 Å². The molecule has 0 radical (unpaired) electrons. The molecule has 1 aliphatic heterocycles. The van der Waals surface area contributed by atoms with Gasteiger partial charge in [-0.15, -0.1) is 0 Å². The normalized spacial score (nSPS) is 25.9. The zero-order valence-corrected chi connectivity index (χ0v) is 11.7. The van der Waals surface area contributed by atoms with Crippen LogP contribution in [0.15, 0.2) is 0 Å². The fraction of sp³-hybridized carbons (Fsp3) is 0.818. The molecule has 1 fully saturated rings. The summed E-state index contributed by atoms with van der Waals surface area (Å²) < 4.78 is 5.46. The molecule has 0 N–H and O–H groups in total. The largest absolute Gasteiger partial charge is 0.354 e. The zero-order chi connectivity index (χ0) is 12.5. The van der Waals surface area contributed by atoms with Crippen molar-refractivity contribution < 1.29 is 14.3 Å². The van der Waals surface area contributed by atoms with Crippen LogP contribution in [0.4, 0.5) is 0 Å². The van der Waals surface area contributed by atoms with Gasteiger partial charge in [-0.2, -0.15) is 0 Å². The van der Waals surface area contributed by atoms with Crippen LogP contribution in [0.2, 0.25) is 0 Å². The molecule has 0 aliphatic carbocycles. The first-order valence-electron chi connectivity index (χ1n) is 5.37. The van der Waals surface area contributed by atoms with Crippen LogP contribution in [0.25, 0.3) is 0 Å². The third kappa shape index (κ3) is 2.46. The van der Waals surface area contributed by atoms with Crippen LogP contribution < -0.4 is 0 Å². The minimum absolute atomic E-state index is 0.0883.